The molecule has 0 radical (unpaired) electrons. The number of ether oxygens (including phenoxy) is 1. The number of aliphatic hydroxyl groups is 1. The lowest BCUT2D eigenvalue weighted by molar-refractivity contribution is -0.137. The molecule has 0 amide bonds. The molecule has 1 aromatic rings. The molecule has 1 heterocycles. The van der Waals surface area contributed by atoms with Crippen LogP contribution in [0.25, 0.3) is 0 Å². The predicted octanol–water partition coefficient (Wildman–Crippen LogP) is 2.92. The van der Waals surface area contributed by atoms with Crippen LogP contribution in [0.2, 0.25) is 0 Å². The molecule has 1 aliphatic heterocycles. The van der Waals surface area contributed by atoms with Gasteiger partial charge in [0.15, 0.2) is 0 Å². The summed E-state index contributed by atoms with van der Waals surface area (Å²) in [6, 6.07) is 3.14. The summed E-state index contributed by atoms with van der Waals surface area (Å²) in [6.07, 6.45) is 1.98. The fourth-order valence-electron chi connectivity index (χ4n) is 3.01. The number of phenolic OH excluding ortho intramolecular Hbond substituents is 1. The Morgan fingerprint density at radius 3 is 2.81 bits per heavy atom. The Morgan fingerprint density at radius 2 is 2.14 bits per heavy atom. The smallest absolute Gasteiger partial charge is 0.303 e. The highest BCUT2D eigenvalue weighted by molar-refractivity contribution is 5.66. The van der Waals surface area contributed by atoms with Crippen molar-refractivity contribution in [1.82, 2.24) is 0 Å². The highest BCUT2D eigenvalue weighted by Crippen LogP contribution is 2.44. The average molecular weight is 294 g/mol. The van der Waals surface area contributed by atoms with Crippen molar-refractivity contribution in [3.05, 3.63) is 23.3 Å². The minimum atomic E-state index is -0.796. The molecule has 0 aliphatic carbocycles. The Kier molecular flexibility index (Phi) is 4.42. The molecule has 0 saturated heterocycles. The van der Waals surface area contributed by atoms with E-state index in [2.05, 4.69) is 0 Å². The second kappa shape index (κ2) is 5.93. The Labute approximate surface area is 124 Å². The van der Waals surface area contributed by atoms with Crippen LogP contribution in [0.4, 0.5) is 0 Å². The van der Waals surface area contributed by atoms with Gasteiger partial charge in [-0.15, -0.1) is 0 Å². The summed E-state index contributed by atoms with van der Waals surface area (Å²) in [5.74, 6) is -0.156. The molecule has 21 heavy (non-hydrogen) atoms. The van der Waals surface area contributed by atoms with Gasteiger partial charge in [0, 0.05) is 24.5 Å². The SMILES string of the molecule is Cc1cc(O)cc2c1C(O)CC(C)(CCCCC(=O)O)O2. The maximum atomic E-state index is 10.5. The van der Waals surface area contributed by atoms with Gasteiger partial charge in [0.05, 0.1) is 6.10 Å². The summed E-state index contributed by atoms with van der Waals surface area (Å²) >= 11 is 0. The molecule has 2 atom stereocenters. The van der Waals surface area contributed by atoms with Crippen molar-refractivity contribution < 1.29 is 24.9 Å². The number of unbranched alkanes of at least 4 members (excludes halogenated alkanes) is 1. The lowest BCUT2D eigenvalue weighted by Crippen LogP contribution is -2.38. The van der Waals surface area contributed by atoms with Crippen LogP contribution in [0.3, 0.4) is 0 Å². The number of aryl methyl sites for hydroxylation is 1. The van der Waals surface area contributed by atoms with E-state index in [1.165, 1.54) is 6.07 Å². The third-order valence-corrected chi connectivity index (χ3v) is 3.99. The summed E-state index contributed by atoms with van der Waals surface area (Å²) in [5.41, 5.74) is 1.01. The number of phenols is 1. The second-order valence-corrected chi connectivity index (χ2v) is 6.05. The number of hydrogen-bond donors (Lipinski definition) is 3. The number of carboxylic acids is 1. The van der Waals surface area contributed by atoms with E-state index in [1.807, 2.05) is 13.8 Å². The van der Waals surface area contributed by atoms with Crippen molar-refractivity contribution in [2.24, 2.45) is 0 Å². The van der Waals surface area contributed by atoms with Gasteiger partial charge < -0.3 is 20.1 Å². The molecule has 0 bridgehead atoms. The number of fused-ring (bicyclic) bond motifs is 1. The van der Waals surface area contributed by atoms with Crippen LogP contribution in [0.1, 0.15) is 56.3 Å². The van der Waals surface area contributed by atoms with Gasteiger partial charge in [0.25, 0.3) is 0 Å². The van der Waals surface area contributed by atoms with Crippen LogP contribution < -0.4 is 4.74 Å². The van der Waals surface area contributed by atoms with E-state index < -0.39 is 17.7 Å². The van der Waals surface area contributed by atoms with E-state index in [4.69, 9.17) is 9.84 Å². The zero-order chi connectivity index (χ0) is 15.6. The first-order valence-electron chi connectivity index (χ1n) is 7.23. The first kappa shape index (κ1) is 15.6. The largest absolute Gasteiger partial charge is 0.508 e. The lowest BCUT2D eigenvalue weighted by atomic mass is 9.85. The molecule has 0 fully saturated rings. The highest BCUT2D eigenvalue weighted by Gasteiger charge is 2.37. The third-order valence-electron chi connectivity index (χ3n) is 3.99. The second-order valence-electron chi connectivity index (χ2n) is 6.05. The van der Waals surface area contributed by atoms with Gasteiger partial charge in [-0.1, -0.05) is 0 Å². The molecule has 5 nitrogen and oxygen atoms in total. The Hall–Kier alpha value is -1.75. The van der Waals surface area contributed by atoms with Crippen LogP contribution in [0, 0.1) is 6.92 Å². The van der Waals surface area contributed by atoms with Gasteiger partial charge in [0.2, 0.25) is 0 Å². The van der Waals surface area contributed by atoms with Crippen molar-refractivity contribution in [2.75, 3.05) is 0 Å². The van der Waals surface area contributed by atoms with Gasteiger partial charge in [-0.3, -0.25) is 4.79 Å². The summed E-state index contributed by atoms with van der Waals surface area (Å²) in [5, 5.41) is 28.7. The monoisotopic (exact) mass is 294 g/mol. The number of hydrogen-bond acceptors (Lipinski definition) is 4. The molecule has 5 heteroatoms. The average Bonchev–Trinajstić information content (AvgIpc) is 2.32. The van der Waals surface area contributed by atoms with Crippen molar-refractivity contribution in [1.29, 1.82) is 0 Å². The fraction of sp³-hybridized carbons (Fsp3) is 0.562. The zero-order valence-electron chi connectivity index (χ0n) is 12.4. The number of rotatable bonds is 5. The zero-order valence-corrected chi connectivity index (χ0v) is 12.4. The Balaban J connectivity index is 2.09. The third kappa shape index (κ3) is 3.67. The minimum Gasteiger partial charge on any atom is -0.508 e. The molecule has 116 valence electrons. The molecular weight excluding hydrogens is 272 g/mol. The molecular formula is C16H22O5. The van der Waals surface area contributed by atoms with E-state index in [0.29, 0.717) is 25.0 Å². The lowest BCUT2D eigenvalue weighted by Gasteiger charge is -2.39. The maximum Gasteiger partial charge on any atom is 0.303 e. The number of carboxylic acid groups (broad SMARTS) is 1. The molecule has 0 spiro atoms. The standard InChI is InChI=1S/C16H22O5/c1-10-7-11(17)8-13-15(10)12(18)9-16(2,21-13)6-4-3-5-14(19)20/h7-8,12,17-18H,3-6,9H2,1-2H3,(H,19,20). The molecule has 1 aromatic carbocycles. The van der Waals surface area contributed by atoms with Gasteiger partial charge in [0.1, 0.15) is 17.1 Å². The van der Waals surface area contributed by atoms with Gasteiger partial charge in [-0.25, -0.2) is 0 Å². The van der Waals surface area contributed by atoms with E-state index in [-0.39, 0.29) is 12.2 Å². The summed E-state index contributed by atoms with van der Waals surface area (Å²) in [7, 11) is 0. The van der Waals surface area contributed by atoms with Crippen LogP contribution >= 0.6 is 0 Å². The van der Waals surface area contributed by atoms with E-state index in [1.54, 1.807) is 6.07 Å². The summed E-state index contributed by atoms with van der Waals surface area (Å²) in [4.78, 5) is 10.5. The van der Waals surface area contributed by atoms with Crippen molar-refractivity contribution in [2.45, 2.75) is 57.7 Å². The van der Waals surface area contributed by atoms with Gasteiger partial charge in [-0.2, -0.15) is 0 Å². The normalized spacial score (nSPS) is 24.2. The highest BCUT2D eigenvalue weighted by atomic mass is 16.5. The van der Waals surface area contributed by atoms with Crippen molar-refractivity contribution in [3.63, 3.8) is 0 Å². The number of aromatic hydroxyl groups is 1. The van der Waals surface area contributed by atoms with Crippen LogP contribution in [0.5, 0.6) is 11.5 Å². The Morgan fingerprint density at radius 1 is 1.43 bits per heavy atom. The quantitative estimate of drug-likeness (QED) is 0.727. The first-order chi connectivity index (χ1) is 9.81. The van der Waals surface area contributed by atoms with Crippen molar-refractivity contribution >= 4 is 5.97 Å². The Bertz CT molecular complexity index is 540. The number of aliphatic carboxylic acids is 1. The topological polar surface area (TPSA) is 87.0 Å². The molecule has 1 aliphatic rings. The number of benzene rings is 1. The first-order valence-corrected chi connectivity index (χ1v) is 7.23. The van der Waals surface area contributed by atoms with Crippen LogP contribution in [-0.2, 0) is 4.79 Å². The van der Waals surface area contributed by atoms with Crippen LogP contribution in [-0.4, -0.2) is 26.9 Å². The predicted molar refractivity (Wildman–Crippen MR) is 77.6 cm³/mol. The summed E-state index contributed by atoms with van der Waals surface area (Å²) < 4.78 is 5.99. The van der Waals surface area contributed by atoms with E-state index in [0.717, 1.165) is 17.5 Å². The molecule has 2 unspecified atom stereocenters. The number of aliphatic hydroxyl groups excluding tert-OH is 1. The fourth-order valence-corrected chi connectivity index (χ4v) is 3.01. The van der Waals surface area contributed by atoms with E-state index in [9.17, 15) is 15.0 Å². The summed E-state index contributed by atoms with van der Waals surface area (Å²) in [6.45, 7) is 3.75. The molecule has 2 rings (SSSR count). The molecule has 3 N–H and O–H groups in total. The van der Waals surface area contributed by atoms with Gasteiger partial charge in [-0.05, 0) is 44.7 Å². The van der Waals surface area contributed by atoms with Crippen molar-refractivity contribution in [3.8, 4) is 11.5 Å². The van der Waals surface area contributed by atoms with E-state index >= 15 is 0 Å². The van der Waals surface area contributed by atoms with Gasteiger partial charge >= 0.3 is 5.97 Å². The molecule has 0 aromatic heterocycles. The number of carbonyl (C=O) groups is 1. The minimum absolute atomic E-state index is 0.119. The maximum absolute atomic E-state index is 10.5. The molecule has 0 saturated carbocycles. The van der Waals surface area contributed by atoms with Crippen LogP contribution in [0.15, 0.2) is 12.1 Å².